The van der Waals surface area contributed by atoms with Gasteiger partial charge in [-0.2, -0.15) is 0 Å². The molecular formula is C9H17N3O2S. The number of H-pyrrole nitrogens is 1. The van der Waals surface area contributed by atoms with Crippen molar-refractivity contribution < 1.29 is 8.42 Å². The number of rotatable bonds is 6. The zero-order valence-electron chi connectivity index (χ0n) is 8.81. The molecule has 0 saturated carbocycles. The van der Waals surface area contributed by atoms with Gasteiger partial charge in [0.2, 0.25) is 0 Å². The molecule has 1 aromatic rings. The smallest absolute Gasteiger partial charge is 0.150 e. The zero-order chi connectivity index (χ0) is 11.3. The van der Waals surface area contributed by atoms with Crippen LogP contribution in [-0.2, 0) is 9.84 Å². The first-order valence-electron chi connectivity index (χ1n) is 5.00. The summed E-state index contributed by atoms with van der Waals surface area (Å²) in [5, 5.41) is 0. The van der Waals surface area contributed by atoms with Crippen molar-refractivity contribution in [3.63, 3.8) is 0 Å². The van der Waals surface area contributed by atoms with E-state index >= 15 is 0 Å². The highest BCUT2D eigenvalue weighted by Gasteiger charge is 2.11. The summed E-state index contributed by atoms with van der Waals surface area (Å²) in [5.41, 5.74) is 5.82. The van der Waals surface area contributed by atoms with Crippen molar-refractivity contribution >= 4 is 9.84 Å². The molecule has 1 atom stereocenters. The summed E-state index contributed by atoms with van der Waals surface area (Å²) < 4.78 is 22.4. The van der Waals surface area contributed by atoms with E-state index in [1.54, 1.807) is 19.3 Å². The monoisotopic (exact) mass is 231 g/mol. The van der Waals surface area contributed by atoms with Crippen molar-refractivity contribution in [1.82, 2.24) is 9.97 Å². The maximum atomic E-state index is 11.2. The number of aromatic nitrogens is 2. The Kier molecular flexibility index (Phi) is 4.28. The van der Waals surface area contributed by atoms with Gasteiger partial charge in [0, 0.05) is 18.1 Å². The van der Waals surface area contributed by atoms with Gasteiger partial charge >= 0.3 is 0 Å². The Morgan fingerprint density at radius 3 is 2.87 bits per heavy atom. The van der Waals surface area contributed by atoms with Gasteiger partial charge in [-0.3, -0.25) is 0 Å². The second-order valence-corrected chi connectivity index (χ2v) is 5.93. The van der Waals surface area contributed by atoms with Gasteiger partial charge in [-0.25, -0.2) is 13.4 Å². The van der Waals surface area contributed by atoms with Crippen molar-refractivity contribution in [2.75, 3.05) is 11.5 Å². The molecule has 1 unspecified atom stereocenters. The molecule has 0 saturated heterocycles. The first-order valence-corrected chi connectivity index (χ1v) is 6.82. The molecule has 1 rings (SSSR count). The van der Waals surface area contributed by atoms with Crippen LogP contribution < -0.4 is 5.73 Å². The highest BCUT2D eigenvalue weighted by molar-refractivity contribution is 7.91. The number of sulfone groups is 1. The molecule has 86 valence electrons. The fraction of sp³-hybridized carbons (Fsp3) is 0.667. The SMILES string of the molecule is CCS(=O)(=O)CCCC(N)c1ncc[nH]1. The first kappa shape index (κ1) is 12.2. The molecule has 0 amide bonds. The van der Waals surface area contributed by atoms with Crippen molar-refractivity contribution in [2.24, 2.45) is 5.73 Å². The van der Waals surface area contributed by atoms with Crippen LogP contribution in [0.4, 0.5) is 0 Å². The maximum Gasteiger partial charge on any atom is 0.150 e. The van der Waals surface area contributed by atoms with E-state index in [0.29, 0.717) is 18.7 Å². The third-order valence-electron chi connectivity index (χ3n) is 2.28. The molecule has 1 heterocycles. The molecule has 0 fully saturated rings. The minimum atomic E-state index is -2.87. The molecular weight excluding hydrogens is 214 g/mol. The minimum Gasteiger partial charge on any atom is -0.347 e. The Morgan fingerprint density at radius 1 is 1.60 bits per heavy atom. The van der Waals surface area contributed by atoms with E-state index in [1.807, 2.05) is 0 Å². The Morgan fingerprint density at radius 2 is 2.33 bits per heavy atom. The minimum absolute atomic E-state index is 0.197. The number of hydrogen-bond donors (Lipinski definition) is 2. The van der Waals surface area contributed by atoms with E-state index in [2.05, 4.69) is 9.97 Å². The lowest BCUT2D eigenvalue weighted by Gasteiger charge is -2.08. The summed E-state index contributed by atoms with van der Waals surface area (Å²) in [7, 11) is -2.87. The van der Waals surface area contributed by atoms with Gasteiger partial charge in [0.1, 0.15) is 15.7 Å². The first-order chi connectivity index (χ1) is 7.05. The lowest BCUT2D eigenvalue weighted by atomic mass is 10.2. The predicted octanol–water partition coefficient (Wildman–Crippen LogP) is 0.624. The van der Waals surface area contributed by atoms with Gasteiger partial charge < -0.3 is 10.7 Å². The molecule has 5 nitrogen and oxygen atoms in total. The number of nitrogens with two attached hydrogens (primary N) is 1. The van der Waals surface area contributed by atoms with Crippen LogP contribution in [0.1, 0.15) is 31.6 Å². The van der Waals surface area contributed by atoms with Crippen LogP contribution in [0, 0.1) is 0 Å². The number of nitrogens with zero attached hydrogens (tertiary/aromatic N) is 1. The Hall–Kier alpha value is -0.880. The number of imidazole rings is 1. The summed E-state index contributed by atoms with van der Waals surface area (Å²) in [6, 6.07) is -0.202. The maximum absolute atomic E-state index is 11.2. The molecule has 0 aliphatic carbocycles. The van der Waals surface area contributed by atoms with Gasteiger partial charge in [0.05, 0.1) is 11.8 Å². The molecule has 6 heteroatoms. The molecule has 0 radical (unpaired) electrons. The molecule has 0 aliphatic rings. The highest BCUT2D eigenvalue weighted by atomic mass is 32.2. The van der Waals surface area contributed by atoms with E-state index < -0.39 is 9.84 Å². The Balaban J connectivity index is 2.33. The standard InChI is InChI=1S/C9H17N3O2S/c1-2-15(13,14)7-3-4-8(10)9-11-5-6-12-9/h5-6,8H,2-4,7,10H2,1H3,(H,11,12). The molecule has 0 aliphatic heterocycles. The number of nitrogens with one attached hydrogen (secondary N) is 1. The van der Waals surface area contributed by atoms with Gasteiger partial charge in [0.25, 0.3) is 0 Å². The number of aromatic amines is 1. The number of hydrogen-bond acceptors (Lipinski definition) is 4. The van der Waals surface area contributed by atoms with Crippen molar-refractivity contribution in [3.8, 4) is 0 Å². The zero-order valence-corrected chi connectivity index (χ0v) is 9.63. The molecule has 0 aromatic carbocycles. The third-order valence-corrected chi connectivity index (χ3v) is 4.07. The lowest BCUT2D eigenvalue weighted by Crippen LogP contribution is -2.15. The lowest BCUT2D eigenvalue weighted by molar-refractivity contribution is 0.577. The fourth-order valence-corrected chi connectivity index (χ4v) is 2.18. The van der Waals surface area contributed by atoms with Crippen LogP contribution in [0.2, 0.25) is 0 Å². The summed E-state index contributed by atoms with van der Waals surface area (Å²) >= 11 is 0. The van der Waals surface area contributed by atoms with Crippen LogP contribution in [0.15, 0.2) is 12.4 Å². The molecule has 0 bridgehead atoms. The third kappa shape index (κ3) is 4.01. The highest BCUT2D eigenvalue weighted by Crippen LogP contribution is 2.11. The van der Waals surface area contributed by atoms with E-state index in [-0.39, 0.29) is 17.5 Å². The van der Waals surface area contributed by atoms with Gasteiger partial charge in [0.15, 0.2) is 0 Å². The average Bonchev–Trinajstić information content (AvgIpc) is 2.70. The molecule has 15 heavy (non-hydrogen) atoms. The summed E-state index contributed by atoms with van der Waals surface area (Å²) in [6.07, 6.45) is 4.56. The molecule has 0 spiro atoms. The average molecular weight is 231 g/mol. The fourth-order valence-electron chi connectivity index (χ4n) is 1.28. The molecule has 1 aromatic heterocycles. The van der Waals surface area contributed by atoms with Crippen LogP contribution in [0.5, 0.6) is 0 Å². The van der Waals surface area contributed by atoms with Gasteiger partial charge in [-0.1, -0.05) is 6.92 Å². The van der Waals surface area contributed by atoms with E-state index in [4.69, 9.17) is 5.73 Å². The summed E-state index contributed by atoms with van der Waals surface area (Å²) in [5.74, 6) is 1.12. The summed E-state index contributed by atoms with van der Waals surface area (Å²) in [4.78, 5) is 6.93. The van der Waals surface area contributed by atoms with Crippen molar-refractivity contribution in [1.29, 1.82) is 0 Å². The topological polar surface area (TPSA) is 88.8 Å². The van der Waals surface area contributed by atoms with Crippen LogP contribution in [0.3, 0.4) is 0 Å². The largest absolute Gasteiger partial charge is 0.347 e. The van der Waals surface area contributed by atoms with Crippen LogP contribution in [-0.4, -0.2) is 29.9 Å². The molecule has 3 N–H and O–H groups in total. The van der Waals surface area contributed by atoms with E-state index in [0.717, 1.165) is 0 Å². The van der Waals surface area contributed by atoms with Crippen LogP contribution >= 0.6 is 0 Å². The second kappa shape index (κ2) is 5.27. The normalized spacial score (nSPS) is 14.0. The Bertz CT molecular complexity index is 372. The van der Waals surface area contributed by atoms with Crippen molar-refractivity contribution in [2.45, 2.75) is 25.8 Å². The Labute approximate surface area is 90.0 Å². The van der Waals surface area contributed by atoms with Crippen LogP contribution in [0.25, 0.3) is 0 Å². The van der Waals surface area contributed by atoms with E-state index in [1.165, 1.54) is 0 Å². The van der Waals surface area contributed by atoms with E-state index in [9.17, 15) is 8.42 Å². The predicted molar refractivity (Wildman–Crippen MR) is 59.1 cm³/mol. The summed E-state index contributed by atoms with van der Waals surface area (Å²) in [6.45, 7) is 1.65. The second-order valence-electron chi connectivity index (χ2n) is 3.46. The quantitative estimate of drug-likeness (QED) is 0.751. The van der Waals surface area contributed by atoms with Gasteiger partial charge in [-0.15, -0.1) is 0 Å². The van der Waals surface area contributed by atoms with Crippen molar-refractivity contribution in [3.05, 3.63) is 18.2 Å². The van der Waals surface area contributed by atoms with Gasteiger partial charge in [-0.05, 0) is 12.8 Å².